The van der Waals surface area contributed by atoms with Crippen LogP contribution in [0.5, 0.6) is 5.75 Å². The molecule has 2 aromatic rings. The van der Waals surface area contributed by atoms with Crippen molar-refractivity contribution in [3.63, 3.8) is 0 Å². The number of hydrogen-bond donors (Lipinski definition) is 1. The zero-order valence-electron chi connectivity index (χ0n) is 9.21. The number of benzene rings is 1. The Balaban J connectivity index is 2.58. The van der Waals surface area contributed by atoms with Crippen molar-refractivity contribution in [2.75, 3.05) is 7.11 Å². The fraction of sp³-hybridized carbons (Fsp3) is 0.200. The van der Waals surface area contributed by atoms with E-state index in [4.69, 9.17) is 21.9 Å². The van der Waals surface area contributed by atoms with E-state index in [1.165, 1.54) is 7.11 Å². The molecule has 1 heterocycles. The van der Waals surface area contributed by atoms with E-state index in [2.05, 4.69) is 14.9 Å². The average molecular weight is 276 g/mol. The standard InChI is InChI=1S/C10H8ClF2N3O2/c1-17-9-5(11)2-4(7(12)8(9)13)10-15-6(3-14)18-16-10/h2H,3,14H2,1H3. The molecule has 0 radical (unpaired) electrons. The lowest BCUT2D eigenvalue weighted by molar-refractivity contribution is 0.371. The number of rotatable bonds is 3. The van der Waals surface area contributed by atoms with E-state index in [9.17, 15) is 8.78 Å². The molecule has 2 N–H and O–H groups in total. The normalized spacial score (nSPS) is 10.7. The first-order valence-electron chi connectivity index (χ1n) is 4.83. The maximum Gasteiger partial charge on any atom is 0.240 e. The minimum Gasteiger partial charge on any atom is -0.492 e. The molecule has 0 atom stereocenters. The van der Waals surface area contributed by atoms with Crippen LogP contribution in [0, 0.1) is 11.6 Å². The maximum atomic E-state index is 13.8. The Morgan fingerprint density at radius 1 is 1.44 bits per heavy atom. The van der Waals surface area contributed by atoms with Crippen LogP contribution >= 0.6 is 11.6 Å². The second-order valence-electron chi connectivity index (χ2n) is 3.28. The fourth-order valence-electron chi connectivity index (χ4n) is 1.38. The SMILES string of the molecule is COc1c(Cl)cc(-c2noc(CN)n2)c(F)c1F. The van der Waals surface area contributed by atoms with E-state index in [0.29, 0.717) is 0 Å². The van der Waals surface area contributed by atoms with Crippen LogP contribution in [0.1, 0.15) is 5.89 Å². The second kappa shape index (κ2) is 4.87. The number of nitrogens with zero attached hydrogens (tertiary/aromatic N) is 2. The Kier molecular flexibility index (Phi) is 3.44. The number of hydrogen-bond acceptors (Lipinski definition) is 5. The van der Waals surface area contributed by atoms with Crippen LogP contribution in [0.3, 0.4) is 0 Å². The lowest BCUT2D eigenvalue weighted by Gasteiger charge is -2.07. The van der Waals surface area contributed by atoms with Gasteiger partial charge in [0.25, 0.3) is 0 Å². The van der Waals surface area contributed by atoms with Gasteiger partial charge in [0.1, 0.15) is 0 Å². The number of aromatic nitrogens is 2. The van der Waals surface area contributed by atoms with Gasteiger partial charge >= 0.3 is 0 Å². The summed E-state index contributed by atoms with van der Waals surface area (Å²) in [5.41, 5.74) is 5.05. The van der Waals surface area contributed by atoms with Gasteiger partial charge in [-0.2, -0.15) is 9.37 Å². The smallest absolute Gasteiger partial charge is 0.240 e. The van der Waals surface area contributed by atoms with E-state index in [1.807, 2.05) is 0 Å². The van der Waals surface area contributed by atoms with Gasteiger partial charge in [-0.3, -0.25) is 0 Å². The molecule has 0 amide bonds. The van der Waals surface area contributed by atoms with Crippen LogP contribution in [0.15, 0.2) is 10.6 Å². The molecule has 0 saturated heterocycles. The summed E-state index contributed by atoms with van der Waals surface area (Å²) in [4.78, 5) is 3.79. The summed E-state index contributed by atoms with van der Waals surface area (Å²) < 4.78 is 36.7. The molecule has 8 heteroatoms. The number of methoxy groups -OCH3 is 1. The van der Waals surface area contributed by atoms with Gasteiger partial charge in [-0.25, -0.2) is 4.39 Å². The van der Waals surface area contributed by atoms with Crippen LogP contribution in [0.2, 0.25) is 5.02 Å². The average Bonchev–Trinajstić information content (AvgIpc) is 2.83. The lowest BCUT2D eigenvalue weighted by Crippen LogP contribution is -1.98. The van der Waals surface area contributed by atoms with Gasteiger partial charge in [0.15, 0.2) is 11.6 Å². The van der Waals surface area contributed by atoms with Gasteiger partial charge in [-0.05, 0) is 6.07 Å². The third-order valence-electron chi connectivity index (χ3n) is 2.20. The molecule has 0 aliphatic heterocycles. The van der Waals surface area contributed by atoms with E-state index >= 15 is 0 Å². The summed E-state index contributed by atoms with van der Waals surface area (Å²) >= 11 is 5.75. The molecule has 5 nitrogen and oxygen atoms in total. The zero-order chi connectivity index (χ0) is 13.3. The quantitative estimate of drug-likeness (QED) is 0.869. The van der Waals surface area contributed by atoms with Crippen LogP contribution in [0.4, 0.5) is 8.78 Å². The third kappa shape index (κ3) is 2.02. The highest BCUT2D eigenvalue weighted by Gasteiger charge is 2.22. The molecule has 0 unspecified atom stereocenters. The molecule has 0 bridgehead atoms. The molecule has 0 aliphatic carbocycles. The molecule has 0 aliphatic rings. The monoisotopic (exact) mass is 275 g/mol. The molecule has 18 heavy (non-hydrogen) atoms. The Morgan fingerprint density at radius 3 is 2.72 bits per heavy atom. The van der Waals surface area contributed by atoms with Crippen molar-refractivity contribution in [3.8, 4) is 17.1 Å². The first kappa shape index (κ1) is 12.7. The molecule has 0 fully saturated rings. The summed E-state index contributed by atoms with van der Waals surface area (Å²) in [5.74, 6) is -2.77. The second-order valence-corrected chi connectivity index (χ2v) is 3.69. The summed E-state index contributed by atoms with van der Waals surface area (Å²) in [6, 6.07) is 1.16. The third-order valence-corrected chi connectivity index (χ3v) is 2.48. The van der Waals surface area contributed by atoms with Crippen LogP contribution < -0.4 is 10.5 Å². The predicted molar refractivity (Wildman–Crippen MR) is 59.1 cm³/mol. The molecule has 96 valence electrons. The number of halogens is 3. The van der Waals surface area contributed by atoms with Crippen LogP contribution in [0.25, 0.3) is 11.4 Å². The molecule has 0 spiro atoms. The van der Waals surface area contributed by atoms with Crippen molar-refractivity contribution >= 4 is 11.6 Å². The van der Waals surface area contributed by atoms with Crippen molar-refractivity contribution in [1.29, 1.82) is 0 Å². The molecule has 2 rings (SSSR count). The Bertz CT molecular complexity index is 589. The van der Waals surface area contributed by atoms with E-state index in [-0.39, 0.29) is 34.6 Å². The Morgan fingerprint density at radius 2 is 2.17 bits per heavy atom. The first-order valence-corrected chi connectivity index (χ1v) is 5.20. The minimum atomic E-state index is -1.21. The maximum absolute atomic E-state index is 13.8. The van der Waals surface area contributed by atoms with Gasteiger partial charge < -0.3 is 15.0 Å². The van der Waals surface area contributed by atoms with Gasteiger partial charge in [0.2, 0.25) is 17.5 Å². The van der Waals surface area contributed by atoms with Gasteiger partial charge in [0.05, 0.1) is 24.2 Å². The fourth-order valence-corrected chi connectivity index (χ4v) is 1.64. The minimum absolute atomic E-state index is 0.000980. The Hall–Kier alpha value is -1.73. The summed E-state index contributed by atoms with van der Waals surface area (Å²) in [7, 11) is 1.18. The van der Waals surface area contributed by atoms with Gasteiger partial charge in [-0.1, -0.05) is 16.8 Å². The van der Waals surface area contributed by atoms with E-state index < -0.39 is 11.6 Å². The van der Waals surface area contributed by atoms with Crippen LogP contribution in [-0.2, 0) is 6.54 Å². The molecule has 1 aromatic carbocycles. The summed E-state index contributed by atoms with van der Waals surface area (Å²) in [6.07, 6.45) is 0. The van der Waals surface area contributed by atoms with Crippen molar-refractivity contribution in [3.05, 3.63) is 28.6 Å². The van der Waals surface area contributed by atoms with Crippen molar-refractivity contribution in [1.82, 2.24) is 10.1 Å². The molecule has 1 aromatic heterocycles. The Labute approximate surface area is 105 Å². The van der Waals surface area contributed by atoms with Crippen molar-refractivity contribution in [2.24, 2.45) is 5.73 Å². The molecular formula is C10H8ClF2N3O2. The summed E-state index contributed by atoms with van der Waals surface area (Å²) in [6.45, 7) is 0.000980. The van der Waals surface area contributed by atoms with Crippen molar-refractivity contribution in [2.45, 2.75) is 6.54 Å². The topological polar surface area (TPSA) is 74.2 Å². The van der Waals surface area contributed by atoms with Gasteiger partial charge in [0, 0.05) is 0 Å². The van der Waals surface area contributed by atoms with E-state index in [0.717, 1.165) is 6.07 Å². The van der Waals surface area contributed by atoms with Crippen LogP contribution in [-0.4, -0.2) is 17.3 Å². The van der Waals surface area contributed by atoms with Crippen molar-refractivity contribution < 1.29 is 18.0 Å². The van der Waals surface area contributed by atoms with Gasteiger partial charge in [-0.15, -0.1) is 0 Å². The predicted octanol–water partition coefficient (Wildman–Crippen LogP) is 2.14. The molecular weight excluding hydrogens is 268 g/mol. The largest absolute Gasteiger partial charge is 0.492 e. The van der Waals surface area contributed by atoms with E-state index in [1.54, 1.807) is 0 Å². The number of ether oxygens (including phenoxy) is 1. The summed E-state index contributed by atoms with van der Waals surface area (Å²) in [5, 5.41) is 3.39. The highest BCUT2D eigenvalue weighted by Crippen LogP contribution is 2.35. The highest BCUT2D eigenvalue weighted by atomic mass is 35.5. The lowest BCUT2D eigenvalue weighted by atomic mass is 10.2. The molecule has 0 saturated carbocycles. The first-order chi connectivity index (χ1) is 8.58. The highest BCUT2D eigenvalue weighted by molar-refractivity contribution is 6.32. The number of nitrogens with two attached hydrogens (primary N) is 1. The zero-order valence-corrected chi connectivity index (χ0v) is 9.96.